The Morgan fingerprint density at radius 3 is 2.37 bits per heavy atom. The molecule has 1 aromatic rings. The number of rotatable bonds is 4. The van der Waals surface area contributed by atoms with Crippen molar-refractivity contribution < 1.29 is 14.6 Å². The molecule has 0 aliphatic heterocycles. The number of nitrogens with zero attached hydrogens (tertiary/aromatic N) is 2. The second-order valence-corrected chi connectivity index (χ2v) is 6.14. The Bertz CT molecular complexity index is 495. The summed E-state index contributed by atoms with van der Waals surface area (Å²) in [7, 11) is 1.34. The second kappa shape index (κ2) is 4.92. The fourth-order valence-electron chi connectivity index (χ4n) is 2.51. The smallest absolute Gasteiger partial charge is 0.311 e. The molecule has 6 nitrogen and oxygen atoms in total. The van der Waals surface area contributed by atoms with E-state index < -0.39 is 11.0 Å². The van der Waals surface area contributed by atoms with Crippen LogP contribution in [0.4, 0.5) is 5.95 Å². The summed E-state index contributed by atoms with van der Waals surface area (Å²) in [5, 5.41) is 9.86. The fourth-order valence-corrected chi connectivity index (χ4v) is 2.68. The number of anilines is 1. The Morgan fingerprint density at radius 1 is 1.47 bits per heavy atom. The summed E-state index contributed by atoms with van der Waals surface area (Å²) in [6, 6.07) is 0. The summed E-state index contributed by atoms with van der Waals surface area (Å²) in [4.78, 5) is 15.6. The average Bonchev–Trinajstić information content (AvgIpc) is 2.50. The number of aromatic hydroxyl groups is 1. The lowest BCUT2D eigenvalue weighted by molar-refractivity contribution is -0.152. The zero-order chi connectivity index (χ0) is 15.0. The highest BCUT2D eigenvalue weighted by Gasteiger charge is 2.38. The zero-order valence-corrected chi connectivity index (χ0v) is 12.6. The molecule has 0 amide bonds. The van der Waals surface area contributed by atoms with Crippen molar-refractivity contribution in [3.05, 3.63) is 5.15 Å². The van der Waals surface area contributed by atoms with Gasteiger partial charge in [0, 0.05) is 5.54 Å². The first-order valence-electron chi connectivity index (χ1n) is 5.84. The minimum absolute atomic E-state index is 0.0542. The molecule has 1 heterocycles. The van der Waals surface area contributed by atoms with Gasteiger partial charge in [-0.25, -0.2) is 0 Å². The molecule has 1 rings (SSSR count). The normalized spacial score (nSPS) is 12.5. The highest BCUT2D eigenvalue weighted by Crippen LogP contribution is 2.39. The standard InChI is InChI=1S/C12H20ClN3O3/c1-11(2,9(18)19-5)6-12(3,4)16-8(17)7(13)15-10(16)14/h17H,6H2,1-5H3,(H2,14,15). The molecule has 0 spiro atoms. The number of ether oxygens (including phenoxy) is 1. The van der Waals surface area contributed by atoms with Crippen molar-refractivity contribution in [3.8, 4) is 5.88 Å². The van der Waals surface area contributed by atoms with Crippen molar-refractivity contribution in [2.75, 3.05) is 12.8 Å². The summed E-state index contributed by atoms with van der Waals surface area (Å²) in [5.41, 5.74) is 4.37. The maximum atomic E-state index is 11.8. The number of imidazole rings is 1. The van der Waals surface area contributed by atoms with E-state index >= 15 is 0 Å². The maximum Gasteiger partial charge on any atom is 0.311 e. The molecule has 0 saturated heterocycles. The van der Waals surface area contributed by atoms with Crippen LogP contribution in [0.3, 0.4) is 0 Å². The molecule has 0 aromatic carbocycles. The number of carbonyl (C=O) groups excluding carboxylic acids is 1. The third-order valence-electron chi connectivity index (χ3n) is 3.06. The number of esters is 1. The molecule has 0 unspecified atom stereocenters. The first kappa shape index (κ1) is 15.6. The van der Waals surface area contributed by atoms with Crippen LogP contribution in [-0.4, -0.2) is 27.7 Å². The van der Waals surface area contributed by atoms with E-state index in [9.17, 15) is 9.90 Å². The van der Waals surface area contributed by atoms with Crippen molar-refractivity contribution in [3.63, 3.8) is 0 Å². The molecule has 0 saturated carbocycles. The molecule has 0 radical (unpaired) electrons. The van der Waals surface area contributed by atoms with Gasteiger partial charge < -0.3 is 15.6 Å². The number of methoxy groups -OCH3 is 1. The third-order valence-corrected chi connectivity index (χ3v) is 3.31. The number of halogens is 1. The van der Waals surface area contributed by atoms with E-state index in [0.717, 1.165) is 0 Å². The number of nitrogen functional groups attached to an aromatic ring is 1. The van der Waals surface area contributed by atoms with Crippen molar-refractivity contribution in [1.82, 2.24) is 9.55 Å². The Kier molecular flexibility index (Phi) is 4.05. The first-order valence-corrected chi connectivity index (χ1v) is 6.22. The Labute approximate surface area is 117 Å². The summed E-state index contributed by atoms with van der Waals surface area (Å²) in [6.07, 6.45) is 0.400. The molecule has 0 fully saturated rings. The molecular weight excluding hydrogens is 270 g/mol. The summed E-state index contributed by atoms with van der Waals surface area (Å²) < 4.78 is 6.20. The van der Waals surface area contributed by atoms with Gasteiger partial charge in [0.05, 0.1) is 12.5 Å². The molecule has 3 N–H and O–H groups in total. The van der Waals surface area contributed by atoms with E-state index in [2.05, 4.69) is 4.98 Å². The van der Waals surface area contributed by atoms with Crippen LogP contribution in [0.1, 0.15) is 34.1 Å². The minimum atomic E-state index is -0.728. The Balaban J connectivity index is 3.14. The van der Waals surface area contributed by atoms with Crippen molar-refractivity contribution in [2.24, 2.45) is 5.41 Å². The van der Waals surface area contributed by atoms with E-state index in [0.29, 0.717) is 6.42 Å². The van der Waals surface area contributed by atoms with E-state index in [1.54, 1.807) is 13.8 Å². The Morgan fingerprint density at radius 2 is 2.00 bits per heavy atom. The van der Waals surface area contributed by atoms with Gasteiger partial charge in [0.15, 0.2) is 5.15 Å². The number of hydrogen-bond acceptors (Lipinski definition) is 5. The zero-order valence-electron chi connectivity index (χ0n) is 11.8. The van der Waals surface area contributed by atoms with Gasteiger partial charge >= 0.3 is 5.97 Å². The molecule has 0 atom stereocenters. The van der Waals surface area contributed by atoms with Crippen LogP contribution in [0.5, 0.6) is 5.88 Å². The Hall–Kier alpha value is -1.43. The minimum Gasteiger partial charge on any atom is -0.492 e. The van der Waals surface area contributed by atoms with Crippen molar-refractivity contribution >= 4 is 23.5 Å². The number of aromatic nitrogens is 2. The van der Waals surface area contributed by atoms with Crippen LogP contribution in [-0.2, 0) is 15.1 Å². The van der Waals surface area contributed by atoms with Gasteiger partial charge in [0.25, 0.3) is 0 Å². The van der Waals surface area contributed by atoms with Gasteiger partial charge in [0.1, 0.15) is 0 Å². The first-order chi connectivity index (χ1) is 8.53. The van der Waals surface area contributed by atoms with Crippen LogP contribution in [0, 0.1) is 5.41 Å². The highest BCUT2D eigenvalue weighted by molar-refractivity contribution is 6.30. The molecule has 7 heteroatoms. The number of nitrogens with two attached hydrogens (primary N) is 1. The van der Waals surface area contributed by atoms with Gasteiger partial charge in [-0.1, -0.05) is 11.6 Å². The monoisotopic (exact) mass is 289 g/mol. The number of hydrogen-bond donors (Lipinski definition) is 2. The quantitative estimate of drug-likeness (QED) is 0.829. The molecule has 0 aliphatic rings. The van der Waals surface area contributed by atoms with Crippen LogP contribution in [0.25, 0.3) is 0 Å². The molecule has 0 bridgehead atoms. The van der Waals surface area contributed by atoms with Crippen LogP contribution in [0.2, 0.25) is 5.15 Å². The van der Waals surface area contributed by atoms with Gasteiger partial charge in [-0.05, 0) is 34.1 Å². The van der Waals surface area contributed by atoms with Crippen LogP contribution < -0.4 is 5.73 Å². The van der Waals surface area contributed by atoms with Gasteiger partial charge in [-0.2, -0.15) is 4.98 Å². The lowest BCUT2D eigenvalue weighted by Crippen LogP contribution is -2.37. The second-order valence-electron chi connectivity index (χ2n) is 5.78. The third kappa shape index (κ3) is 2.94. The predicted molar refractivity (Wildman–Crippen MR) is 73.1 cm³/mol. The van der Waals surface area contributed by atoms with Crippen LogP contribution >= 0.6 is 11.6 Å². The largest absolute Gasteiger partial charge is 0.492 e. The number of carbonyl (C=O) groups is 1. The lowest BCUT2D eigenvalue weighted by Gasteiger charge is -2.34. The average molecular weight is 290 g/mol. The van der Waals surface area contributed by atoms with Gasteiger partial charge in [0.2, 0.25) is 11.8 Å². The SMILES string of the molecule is COC(=O)C(C)(C)CC(C)(C)n1c(N)nc(Cl)c1O. The maximum absolute atomic E-state index is 11.8. The van der Waals surface area contributed by atoms with E-state index in [4.69, 9.17) is 22.1 Å². The van der Waals surface area contributed by atoms with Gasteiger partial charge in [-0.3, -0.25) is 9.36 Å². The van der Waals surface area contributed by atoms with E-state index in [-0.39, 0.29) is 23.0 Å². The van der Waals surface area contributed by atoms with Crippen molar-refractivity contribution in [2.45, 2.75) is 39.7 Å². The summed E-state index contributed by atoms with van der Waals surface area (Å²) >= 11 is 5.75. The molecule has 0 aliphatic carbocycles. The lowest BCUT2D eigenvalue weighted by atomic mass is 9.80. The van der Waals surface area contributed by atoms with Gasteiger partial charge in [-0.15, -0.1) is 0 Å². The highest BCUT2D eigenvalue weighted by atomic mass is 35.5. The predicted octanol–water partition coefficient (Wildman–Crippen LogP) is 2.15. The fraction of sp³-hybridized carbons (Fsp3) is 0.667. The van der Waals surface area contributed by atoms with Crippen LogP contribution in [0.15, 0.2) is 0 Å². The van der Waals surface area contributed by atoms with E-state index in [1.165, 1.54) is 11.7 Å². The summed E-state index contributed by atoms with van der Waals surface area (Å²) in [6.45, 7) is 7.22. The molecular formula is C12H20ClN3O3. The topological polar surface area (TPSA) is 90.4 Å². The van der Waals surface area contributed by atoms with E-state index in [1.807, 2.05) is 13.8 Å². The molecule has 1 aromatic heterocycles. The summed E-state index contributed by atoms with van der Waals surface area (Å²) in [5.74, 6) is -0.428. The van der Waals surface area contributed by atoms with Crippen molar-refractivity contribution in [1.29, 1.82) is 0 Å². The molecule has 19 heavy (non-hydrogen) atoms. The molecule has 108 valence electrons.